The van der Waals surface area contributed by atoms with Gasteiger partial charge >= 0.3 is 0 Å². The molecular weight excluding hydrogens is 478 g/mol. The van der Waals surface area contributed by atoms with Gasteiger partial charge in [-0.3, -0.25) is 14.5 Å². The highest BCUT2D eigenvalue weighted by Gasteiger charge is 2.44. The molecular formula is C28H18ClN3O4. The monoisotopic (exact) mass is 495 g/mol. The van der Waals surface area contributed by atoms with Crippen molar-refractivity contribution in [2.75, 3.05) is 4.90 Å². The Morgan fingerprint density at radius 3 is 2.42 bits per heavy atom. The number of benzene rings is 3. The molecule has 0 N–H and O–H groups in total. The highest BCUT2D eigenvalue weighted by molar-refractivity contribution is 6.31. The number of amides is 1. The minimum absolute atomic E-state index is 0.0309. The fourth-order valence-electron chi connectivity index (χ4n) is 4.37. The zero-order chi connectivity index (χ0) is 24.6. The molecule has 1 aliphatic heterocycles. The molecule has 8 heteroatoms. The smallest absolute Gasteiger partial charge is 0.297 e. The van der Waals surface area contributed by atoms with Gasteiger partial charge in [-0.15, -0.1) is 0 Å². The summed E-state index contributed by atoms with van der Waals surface area (Å²) in [5, 5.41) is 0.705. The van der Waals surface area contributed by atoms with E-state index < -0.39 is 11.9 Å². The minimum Gasteiger partial charge on any atom is -0.489 e. The largest absolute Gasteiger partial charge is 0.489 e. The van der Waals surface area contributed by atoms with Crippen molar-refractivity contribution in [3.8, 4) is 5.75 Å². The van der Waals surface area contributed by atoms with Gasteiger partial charge in [0.05, 0.1) is 17.0 Å². The van der Waals surface area contributed by atoms with E-state index in [0.717, 1.165) is 5.56 Å². The lowest BCUT2D eigenvalue weighted by Crippen LogP contribution is -2.31. The summed E-state index contributed by atoms with van der Waals surface area (Å²) >= 11 is 6.15. The molecule has 36 heavy (non-hydrogen) atoms. The zero-order valence-electron chi connectivity index (χ0n) is 18.8. The van der Waals surface area contributed by atoms with Crippen LogP contribution in [0.1, 0.15) is 33.3 Å². The summed E-state index contributed by atoms with van der Waals surface area (Å²) in [4.78, 5) is 37.1. The molecule has 0 saturated heterocycles. The lowest BCUT2D eigenvalue weighted by atomic mass is 9.98. The van der Waals surface area contributed by atoms with Gasteiger partial charge in [0.25, 0.3) is 5.91 Å². The van der Waals surface area contributed by atoms with E-state index >= 15 is 0 Å². The van der Waals surface area contributed by atoms with E-state index in [2.05, 4.69) is 9.97 Å². The average Bonchev–Trinajstić information content (AvgIpc) is 3.21. The highest BCUT2D eigenvalue weighted by Crippen LogP contribution is 2.40. The van der Waals surface area contributed by atoms with Gasteiger partial charge in [0, 0.05) is 17.4 Å². The molecule has 176 valence electrons. The third kappa shape index (κ3) is 3.79. The van der Waals surface area contributed by atoms with Crippen molar-refractivity contribution in [3.63, 3.8) is 0 Å². The Bertz CT molecular complexity index is 1640. The van der Waals surface area contributed by atoms with Crippen LogP contribution in [0.2, 0.25) is 5.02 Å². The molecule has 0 radical (unpaired) electrons. The SMILES string of the molecule is O=C1c2oc3ccc(Cl)cc3c(=O)c2C(c2ccc(OCc3ccccc3)cc2)N1c1ncccn1. The van der Waals surface area contributed by atoms with Gasteiger partial charge in [0.15, 0.2) is 5.43 Å². The quantitative estimate of drug-likeness (QED) is 0.317. The van der Waals surface area contributed by atoms with Crippen LogP contribution in [-0.4, -0.2) is 15.9 Å². The van der Waals surface area contributed by atoms with Gasteiger partial charge in [0.1, 0.15) is 17.9 Å². The number of halogens is 1. The first-order chi connectivity index (χ1) is 17.6. The molecule has 0 saturated carbocycles. The second-order valence-corrected chi connectivity index (χ2v) is 8.72. The summed E-state index contributed by atoms with van der Waals surface area (Å²) in [5.74, 6) is 0.313. The molecule has 1 amide bonds. The molecule has 6 rings (SSSR count). The Morgan fingerprint density at radius 2 is 1.67 bits per heavy atom. The molecule has 1 unspecified atom stereocenters. The fraction of sp³-hybridized carbons (Fsp3) is 0.0714. The van der Waals surface area contributed by atoms with Crippen LogP contribution in [0.25, 0.3) is 11.0 Å². The summed E-state index contributed by atoms with van der Waals surface area (Å²) in [5.41, 5.74) is 1.92. The van der Waals surface area contributed by atoms with Crippen LogP contribution < -0.4 is 15.1 Å². The molecule has 3 heterocycles. The summed E-state index contributed by atoms with van der Waals surface area (Å²) in [6.45, 7) is 0.422. The molecule has 1 atom stereocenters. The molecule has 0 fully saturated rings. The standard InChI is InChI=1S/C28H18ClN3O4/c29-19-9-12-22-21(15-19)25(33)23-24(32(27(34)26(23)36-22)28-30-13-4-14-31-28)18-7-10-20(11-8-18)35-16-17-5-2-1-3-6-17/h1-15,24H,16H2. The van der Waals surface area contributed by atoms with Crippen LogP contribution >= 0.6 is 11.6 Å². The molecule has 2 aromatic heterocycles. The van der Waals surface area contributed by atoms with E-state index in [9.17, 15) is 9.59 Å². The predicted molar refractivity (Wildman–Crippen MR) is 135 cm³/mol. The Balaban J connectivity index is 1.44. The van der Waals surface area contributed by atoms with Crippen molar-refractivity contribution in [1.29, 1.82) is 0 Å². The third-order valence-electron chi connectivity index (χ3n) is 6.04. The number of rotatable bonds is 5. The molecule has 1 aliphatic rings. The lowest BCUT2D eigenvalue weighted by Gasteiger charge is -2.23. The number of nitrogens with zero attached hydrogens (tertiary/aromatic N) is 3. The Morgan fingerprint density at radius 1 is 0.917 bits per heavy atom. The van der Waals surface area contributed by atoms with E-state index in [1.165, 1.54) is 4.90 Å². The third-order valence-corrected chi connectivity index (χ3v) is 6.28. The number of anilines is 1. The van der Waals surface area contributed by atoms with Crippen molar-refractivity contribution in [1.82, 2.24) is 9.97 Å². The van der Waals surface area contributed by atoms with Crippen molar-refractivity contribution in [2.45, 2.75) is 12.6 Å². The van der Waals surface area contributed by atoms with Gasteiger partial charge in [-0.05, 0) is 47.5 Å². The van der Waals surface area contributed by atoms with E-state index in [0.29, 0.717) is 28.3 Å². The second kappa shape index (κ2) is 8.94. The number of fused-ring (bicyclic) bond motifs is 2. The first kappa shape index (κ1) is 22.0. The Hall–Kier alpha value is -4.49. The van der Waals surface area contributed by atoms with Gasteiger partial charge in [0.2, 0.25) is 11.7 Å². The van der Waals surface area contributed by atoms with Crippen molar-refractivity contribution in [2.24, 2.45) is 0 Å². The van der Waals surface area contributed by atoms with E-state index in [1.54, 1.807) is 36.7 Å². The summed E-state index contributed by atoms with van der Waals surface area (Å²) in [7, 11) is 0. The molecule has 0 bridgehead atoms. The molecule has 0 aliphatic carbocycles. The zero-order valence-corrected chi connectivity index (χ0v) is 19.6. The predicted octanol–water partition coefficient (Wildman–Crippen LogP) is 5.57. The number of hydrogen-bond acceptors (Lipinski definition) is 6. The lowest BCUT2D eigenvalue weighted by molar-refractivity contribution is 0.0969. The van der Waals surface area contributed by atoms with Crippen LogP contribution in [0.5, 0.6) is 5.75 Å². The molecule has 5 aromatic rings. The van der Waals surface area contributed by atoms with Crippen LogP contribution in [0.3, 0.4) is 0 Å². The summed E-state index contributed by atoms with van der Waals surface area (Å²) in [6.07, 6.45) is 3.09. The maximum atomic E-state index is 13.6. The first-order valence-corrected chi connectivity index (χ1v) is 11.6. The number of ether oxygens (including phenoxy) is 1. The van der Waals surface area contributed by atoms with E-state index in [4.69, 9.17) is 20.8 Å². The highest BCUT2D eigenvalue weighted by atomic mass is 35.5. The first-order valence-electron chi connectivity index (χ1n) is 11.2. The number of carbonyl (C=O) groups is 1. The second-order valence-electron chi connectivity index (χ2n) is 8.28. The number of aromatic nitrogens is 2. The van der Waals surface area contributed by atoms with Gasteiger partial charge in [-0.1, -0.05) is 54.1 Å². The summed E-state index contributed by atoms with van der Waals surface area (Å²) < 4.78 is 11.8. The molecule has 0 spiro atoms. The Labute approximate surface area is 210 Å². The van der Waals surface area contributed by atoms with Gasteiger partial charge < -0.3 is 9.15 Å². The van der Waals surface area contributed by atoms with Crippen LogP contribution in [-0.2, 0) is 6.61 Å². The number of hydrogen-bond donors (Lipinski definition) is 0. The Kier molecular flexibility index (Phi) is 5.47. The van der Waals surface area contributed by atoms with Gasteiger partial charge in [-0.25, -0.2) is 9.97 Å². The molecule has 7 nitrogen and oxygen atoms in total. The van der Waals surface area contributed by atoms with Crippen LogP contribution in [0.15, 0.2) is 100 Å². The van der Waals surface area contributed by atoms with Gasteiger partial charge in [-0.2, -0.15) is 0 Å². The minimum atomic E-state index is -0.780. The topological polar surface area (TPSA) is 85.5 Å². The number of carbonyl (C=O) groups excluding carboxylic acids is 1. The van der Waals surface area contributed by atoms with E-state index in [1.807, 2.05) is 54.6 Å². The van der Waals surface area contributed by atoms with Crippen LogP contribution in [0, 0.1) is 0 Å². The molecule has 3 aromatic carbocycles. The van der Waals surface area contributed by atoms with Crippen molar-refractivity contribution >= 4 is 34.4 Å². The normalized spacial score (nSPS) is 14.8. The van der Waals surface area contributed by atoms with Crippen molar-refractivity contribution < 1.29 is 13.9 Å². The maximum absolute atomic E-state index is 13.6. The summed E-state index contributed by atoms with van der Waals surface area (Å²) in [6, 6.07) is 22.7. The van der Waals surface area contributed by atoms with Crippen molar-refractivity contribution in [3.05, 3.63) is 129 Å². The van der Waals surface area contributed by atoms with E-state index in [-0.39, 0.29) is 28.3 Å². The average molecular weight is 496 g/mol. The van der Waals surface area contributed by atoms with Crippen LogP contribution in [0.4, 0.5) is 5.95 Å². The fourth-order valence-corrected chi connectivity index (χ4v) is 4.54. The maximum Gasteiger partial charge on any atom is 0.297 e.